The van der Waals surface area contributed by atoms with Gasteiger partial charge in [0.1, 0.15) is 17.3 Å². The lowest BCUT2D eigenvalue weighted by molar-refractivity contribution is 0.185. The molecule has 4 nitrogen and oxygen atoms in total. The quantitative estimate of drug-likeness (QED) is 0.865. The second kappa shape index (κ2) is 5.87. The molecule has 0 saturated carbocycles. The van der Waals surface area contributed by atoms with Gasteiger partial charge in [0.05, 0.1) is 0 Å². The average molecular weight is 297 g/mol. The molecule has 1 N–H and O–H groups in total. The van der Waals surface area contributed by atoms with Gasteiger partial charge in [-0.15, -0.1) is 0 Å². The topological polar surface area (TPSA) is 35.6 Å². The summed E-state index contributed by atoms with van der Waals surface area (Å²) in [4.78, 5) is 15.4. The van der Waals surface area contributed by atoms with E-state index in [0.717, 1.165) is 0 Å². The van der Waals surface area contributed by atoms with Crippen LogP contribution in [0.2, 0.25) is 0 Å². The molecule has 1 aromatic rings. The molecule has 1 aromatic carbocycles. The van der Waals surface area contributed by atoms with E-state index >= 15 is 0 Å². The van der Waals surface area contributed by atoms with Crippen LogP contribution in [0.3, 0.4) is 0 Å². The Morgan fingerprint density at radius 3 is 2.10 bits per heavy atom. The van der Waals surface area contributed by atoms with Gasteiger partial charge in [0.15, 0.2) is 0 Å². The van der Waals surface area contributed by atoms with Gasteiger partial charge in [-0.1, -0.05) is 6.07 Å². The predicted molar refractivity (Wildman–Crippen MR) is 78.4 cm³/mol. The highest BCUT2D eigenvalue weighted by molar-refractivity contribution is 5.75. The third kappa shape index (κ3) is 3.83. The fourth-order valence-corrected chi connectivity index (χ4v) is 2.32. The van der Waals surface area contributed by atoms with Gasteiger partial charge < -0.3 is 15.1 Å². The molecular formula is C15H21F2N3O. The molecule has 0 aromatic heterocycles. The van der Waals surface area contributed by atoms with Gasteiger partial charge in [0.25, 0.3) is 0 Å². The van der Waals surface area contributed by atoms with Crippen molar-refractivity contribution in [2.75, 3.05) is 31.1 Å². The number of nitrogens with zero attached hydrogens (tertiary/aromatic N) is 2. The van der Waals surface area contributed by atoms with E-state index in [0.29, 0.717) is 26.2 Å². The zero-order chi connectivity index (χ0) is 15.6. The Balaban J connectivity index is 1.99. The Morgan fingerprint density at radius 2 is 1.62 bits per heavy atom. The van der Waals surface area contributed by atoms with Crippen LogP contribution in [0.4, 0.5) is 19.3 Å². The van der Waals surface area contributed by atoms with Gasteiger partial charge in [-0.05, 0) is 32.9 Å². The predicted octanol–water partition coefficient (Wildman–Crippen LogP) is 2.59. The van der Waals surface area contributed by atoms with Crippen molar-refractivity contribution >= 4 is 11.7 Å². The Bertz CT molecular complexity index is 500. The first-order valence-corrected chi connectivity index (χ1v) is 7.04. The number of nitrogens with one attached hydrogen (secondary N) is 1. The van der Waals surface area contributed by atoms with Crippen LogP contribution in [0.5, 0.6) is 0 Å². The minimum absolute atomic E-state index is 0.00613. The fraction of sp³-hybridized carbons (Fsp3) is 0.533. The number of urea groups is 1. The molecule has 21 heavy (non-hydrogen) atoms. The number of hydrogen-bond donors (Lipinski definition) is 1. The summed E-state index contributed by atoms with van der Waals surface area (Å²) < 4.78 is 27.5. The van der Waals surface area contributed by atoms with Gasteiger partial charge in [0.2, 0.25) is 0 Å². The molecule has 0 radical (unpaired) electrons. The van der Waals surface area contributed by atoms with Crippen LogP contribution < -0.4 is 10.2 Å². The second-order valence-electron chi connectivity index (χ2n) is 6.22. The van der Waals surface area contributed by atoms with E-state index in [4.69, 9.17) is 0 Å². The van der Waals surface area contributed by atoms with Crippen LogP contribution in [0.15, 0.2) is 18.2 Å². The largest absolute Gasteiger partial charge is 0.363 e. The van der Waals surface area contributed by atoms with E-state index in [1.165, 1.54) is 18.2 Å². The van der Waals surface area contributed by atoms with Crippen LogP contribution >= 0.6 is 0 Å². The van der Waals surface area contributed by atoms with Crippen molar-refractivity contribution in [2.45, 2.75) is 26.3 Å². The Labute approximate surface area is 123 Å². The molecule has 0 bridgehead atoms. The third-order valence-electron chi connectivity index (χ3n) is 3.30. The maximum atomic E-state index is 13.7. The SMILES string of the molecule is CC(C)(C)NC(=O)N1CCN(c2c(F)cccc2F)CC1. The van der Waals surface area contributed by atoms with Gasteiger partial charge in [-0.2, -0.15) is 0 Å². The fourth-order valence-electron chi connectivity index (χ4n) is 2.32. The Hall–Kier alpha value is -1.85. The molecule has 1 fully saturated rings. The first-order chi connectivity index (χ1) is 9.78. The van der Waals surface area contributed by atoms with Crippen LogP contribution in [-0.4, -0.2) is 42.6 Å². The van der Waals surface area contributed by atoms with E-state index in [9.17, 15) is 13.6 Å². The summed E-state index contributed by atoms with van der Waals surface area (Å²) in [7, 11) is 0. The highest BCUT2D eigenvalue weighted by atomic mass is 19.1. The average Bonchev–Trinajstić information content (AvgIpc) is 2.37. The Kier molecular flexibility index (Phi) is 4.34. The molecule has 0 unspecified atom stereocenters. The molecule has 2 amide bonds. The van der Waals surface area contributed by atoms with Crippen molar-refractivity contribution in [3.63, 3.8) is 0 Å². The maximum Gasteiger partial charge on any atom is 0.317 e. The molecule has 1 heterocycles. The summed E-state index contributed by atoms with van der Waals surface area (Å²) in [6.07, 6.45) is 0. The molecule has 6 heteroatoms. The van der Waals surface area contributed by atoms with E-state index in [-0.39, 0.29) is 17.3 Å². The number of rotatable bonds is 1. The van der Waals surface area contributed by atoms with Crippen LogP contribution in [0.25, 0.3) is 0 Å². The molecule has 1 saturated heterocycles. The zero-order valence-corrected chi connectivity index (χ0v) is 12.6. The second-order valence-corrected chi connectivity index (χ2v) is 6.22. The normalized spacial score (nSPS) is 16.0. The number of halogens is 2. The number of piperazine rings is 1. The summed E-state index contributed by atoms with van der Waals surface area (Å²) >= 11 is 0. The summed E-state index contributed by atoms with van der Waals surface area (Å²) in [6, 6.07) is 3.70. The Morgan fingerprint density at radius 1 is 1.10 bits per heavy atom. The number of benzene rings is 1. The molecule has 0 aliphatic carbocycles. The minimum atomic E-state index is -0.567. The molecule has 1 aliphatic rings. The zero-order valence-electron chi connectivity index (χ0n) is 12.6. The lowest BCUT2D eigenvalue weighted by Gasteiger charge is -2.37. The van der Waals surface area contributed by atoms with Gasteiger partial charge in [0, 0.05) is 31.7 Å². The molecule has 0 atom stereocenters. The van der Waals surface area contributed by atoms with Crippen molar-refractivity contribution in [3.8, 4) is 0 Å². The maximum absolute atomic E-state index is 13.7. The molecule has 2 rings (SSSR count). The highest BCUT2D eigenvalue weighted by Crippen LogP contribution is 2.24. The van der Waals surface area contributed by atoms with Crippen LogP contribution in [0.1, 0.15) is 20.8 Å². The van der Waals surface area contributed by atoms with Gasteiger partial charge >= 0.3 is 6.03 Å². The smallest absolute Gasteiger partial charge is 0.317 e. The van der Waals surface area contributed by atoms with Crippen molar-refractivity contribution in [1.29, 1.82) is 0 Å². The van der Waals surface area contributed by atoms with E-state index in [1.807, 2.05) is 20.8 Å². The molecular weight excluding hydrogens is 276 g/mol. The van der Waals surface area contributed by atoms with Crippen molar-refractivity contribution in [2.24, 2.45) is 0 Å². The number of carbonyl (C=O) groups is 1. The van der Waals surface area contributed by atoms with Crippen molar-refractivity contribution in [1.82, 2.24) is 10.2 Å². The first-order valence-electron chi connectivity index (χ1n) is 7.04. The highest BCUT2D eigenvalue weighted by Gasteiger charge is 2.26. The van der Waals surface area contributed by atoms with Crippen molar-refractivity contribution < 1.29 is 13.6 Å². The van der Waals surface area contributed by atoms with Gasteiger partial charge in [-0.3, -0.25) is 0 Å². The first kappa shape index (κ1) is 15.5. The summed E-state index contributed by atoms with van der Waals surface area (Å²) in [5.74, 6) is -1.13. The summed E-state index contributed by atoms with van der Waals surface area (Å²) in [6.45, 7) is 7.44. The van der Waals surface area contributed by atoms with Crippen LogP contribution in [-0.2, 0) is 0 Å². The lowest BCUT2D eigenvalue weighted by atomic mass is 10.1. The number of hydrogen-bond acceptors (Lipinski definition) is 2. The number of carbonyl (C=O) groups excluding carboxylic acids is 1. The van der Waals surface area contributed by atoms with E-state index < -0.39 is 11.6 Å². The molecule has 0 spiro atoms. The van der Waals surface area contributed by atoms with Gasteiger partial charge in [-0.25, -0.2) is 13.6 Å². The third-order valence-corrected chi connectivity index (χ3v) is 3.30. The number of amides is 2. The summed E-state index contributed by atoms with van der Waals surface area (Å²) in [5.41, 5.74) is -0.306. The number of anilines is 1. The summed E-state index contributed by atoms with van der Waals surface area (Å²) in [5, 5.41) is 2.89. The monoisotopic (exact) mass is 297 g/mol. The number of para-hydroxylation sites is 1. The molecule has 1 aliphatic heterocycles. The van der Waals surface area contributed by atoms with Crippen molar-refractivity contribution in [3.05, 3.63) is 29.8 Å². The van der Waals surface area contributed by atoms with E-state index in [1.54, 1.807) is 9.80 Å². The van der Waals surface area contributed by atoms with Crippen LogP contribution in [0, 0.1) is 11.6 Å². The standard InChI is InChI=1S/C15H21F2N3O/c1-15(2,3)18-14(21)20-9-7-19(8-10-20)13-11(16)5-4-6-12(13)17/h4-6H,7-10H2,1-3H3,(H,18,21). The minimum Gasteiger partial charge on any atom is -0.363 e. The molecule has 116 valence electrons. The lowest BCUT2D eigenvalue weighted by Crippen LogP contribution is -2.55. The van der Waals surface area contributed by atoms with E-state index in [2.05, 4.69) is 5.32 Å².